The fourth-order valence-electron chi connectivity index (χ4n) is 5.21. The third-order valence-corrected chi connectivity index (χ3v) is 12.4. The number of hydrogen-bond donors (Lipinski definition) is 3. The first kappa shape index (κ1) is 91.1. The van der Waals surface area contributed by atoms with Crippen LogP contribution in [0.25, 0.3) is 0 Å². The fraction of sp³-hybridized carbons (Fsp3) is 0.964. The van der Waals surface area contributed by atoms with Crippen LogP contribution in [0.2, 0.25) is 0 Å². The predicted octanol–water partition coefficient (Wildman–Crippen LogP) is 12.8. The van der Waals surface area contributed by atoms with Crippen LogP contribution in [0.4, 0.5) is 48.3 Å². The van der Waals surface area contributed by atoms with Gasteiger partial charge >= 0.3 is 26.4 Å². The number of aliphatic hydroxyl groups is 1. The summed E-state index contributed by atoms with van der Waals surface area (Å²) in [4.78, 5) is 16.3. The lowest BCUT2D eigenvalue weighted by molar-refractivity contribution is -0.248. The summed E-state index contributed by atoms with van der Waals surface area (Å²) in [5.41, 5.74) is -14.1. The predicted molar refractivity (Wildman–Crippen MR) is 298 cm³/mol. The van der Waals surface area contributed by atoms with Crippen LogP contribution in [0, 0.1) is 17.8 Å². The Morgan fingerprint density at radius 3 is 0.750 bits per heavy atom. The second-order valence-electron chi connectivity index (χ2n) is 19.0. The summed E-state index contributed by atoms with van der Waals surface area (Å²) < 4.78 is 225. The molecule has 0 heterocycles. The smallest absolute Gasteiger partial charge is 0.469 e. The normalized spacial score (nSPS) is 13.4. The van der Waals surface area contributed by atoms with Gasteiger partial charge in [0.2, 0.25) is 17.1 Å². The number of unbranched alkanes of at least 4 members (excludes halogenated alkanes) is 1. The quantitative estimate of drug-likeness (QED) is 0.0225. The minimum atomic E-state index is -6.36. The largest absolute Gasteiger partial charge is 0.486 e. The minimum absolute atomic E-state index is 0.0170. The van der Waals surface area contributed by atoms with Crippen molar-refractivity contribution < 1.29 is 129 Å². The zero-order valence-corrected chi connectivity index (χ0v) is 53.1. The van der Waals surface area contributed by atoms with E-state index in [2.05, 4.69) is 71.6 Å². The van der Waals surface area contributed by atoms with Gasteiger partial charge in [0.1, 0.15) is 6.61 Å². The molecule has 0 aliphatic rings. The van der Waals surface area contributed by atoms with E-state index in [0.717, 1.165) is 24.2 Å². The fourth-order valence-corrected chi connectivity index (χ4v) is 5.58. The maximum Gasteiger partial charge on any atom is 0.469 e. The molecule has 0 fully saturated rings. The van der Waals surface area contributed by atoms with Gasteiger partial charge in [-0.2, -0.15) is 39.5 Å². The van der Waals surface area contributed by atoms with Gasteiger partial charge in [-0.15, -0.1) is 0 Å². The molecule has 2 unspecified atom stereocenters. The highest BCUT2D eigenvalue weighted by atomic mass is 31.2. The Bertz CT molecular complexity index is 1420. The van der Waals surface area contributed by atoms with Gasteiger partial charge in [-0.25, -0.2) is 13.3 Å². The number of allylic oxidation sites excluding steroid dienone is 2. The molecule has 0 aromatic carbocycles. The van der Waals surface area contributed by atoms with Gasteiger partial charge in [0.15, 0.2) is 0 Å². The average molecular weight is 1280 g/mol. The number of phosphoric acid groups is 1. The van der Waals surface area contributed by atoms with Gasteiger partial charge < -0.3 is 71.7 Å². The van der Waals surface area contributed by atoms with Crippen LogP contribution in [0.15, 0.2) is 11.3 Å². The molecule has 29 heteroatoms. The van der Waals surface area contributed by atoms with E-state index in [9.17, 15) is 52.9 Å². The average Bonchev–Trinajstić information content (AvgIpc) is 1.08. The van der Waals surface area contributed by atoms with Crippen molar-refractivity contribution in [3.63, 3.8) is 0 Å². The molecular weight excluding hydrogens is 1170 g/mol. The summed E-state index contributed by atoms with van der Waals surface area (Å²) in [5.74, 6) is -0.306. The molecule has 0 aromatic rings. The van der Waals surface area contributed by atoms with Crippen molar-refractivity contribution in [2.45, 2.75) is 164 Å². The summed E-state index contributed by atoms with van der Waals surface area (Å²) in [6, 6.07) is 0. The number of phosphoric ester groups is 1. The number of ether oxygens (including phenoxy) is 12. The number of alkyl halides is 11. The van der Waals surface area contributed by atoms with Crippen LogP contribution >= 0.6 is 7.82 Å². The first-order valence-corrected chi connectivity index (χ1v) is 30.5. The third-order valence-electron chi connectivity index (χ3n) is 11.9. The third kappa shape index (κ3) is 58.1. The Balaban J connectivity index is -0.000000625. The van der Waals surface area contributed by atoms with E-state index in [0.29, 0.717) is 106 Å². The topological polar surface area (TPSA) is 198 Å². The molecule has 0 spiro atoms. The summed E-state index contributed by atoms with van der Waals surface area (Å²) in [6.07, 6.45) is -9.31. The number of rotatable bonds is 48. The Hall–Kier alpha value is -1.60. The van der Waals surface area contributed by atoms with E-state index in [4.69, 9.17) is 67.0 Å². The summed E-state index contributed by atoms with van der Waals surface area (Å²) >= 11 is 0. The molecule has 0 aliphatic heterocycles. The van der Waals surface area contributed by atoms with Crippen LogP contribution in [0.5, 0.6) is 0 Å². The molecule has 17 nitrogen and oxygen atoms in total. The van der Waals surface area contributed by atoms with Crippen molar-refractivity contribution in [1.29, 1.82) is 0 Å². The second-order valence-corrected chi connectivity index (χ2v) is 20.2. The standard InChI is InChI=1S/C33H55F11O13.3C6H14.C4H11O4P/c1-29(34,32(39,40)41)27(30(2,35)33(42,43)44)28(31(36,37)38)57-26-25-56-24-23-55-22-21-54-20-19-53-18-17-52-16-15-51-14-13-50-12-11-49-10-9-48-8-7-47-6-5-46-4-3-45;3*1-4-6(3)5-2;1-2-3-4-8-9(5,6)7/h45H,3-26H2,1-2H3;3*6H,4-5H2,1-3H3;2-4H2,1H3,(H2,5,6,7). The molecule has 512 valence electrons. The number of hydrogen-bond acceptors (Lipinski definition) is 15. The van der Waals surface area contributed by atoms with Crippen molar-refractivity contribution in [2.75, 3.05) is 165 Å². The van der Waals surface area contributed by atoms with E-state index in [1.54, 1.807) is 0 Å². The zero-order valence-electron chi connectivity index (χ0n) is 52.2. The monoisotopic (exact) mass is 1280 g/mol. The zero-order chi connectivity index (χ0) is 65.4. The van der Waals surface area contributed by atoms with Gasteiger partial charge in [0.25, 0.3) is 0 Å². The maximum atomic E-state index is 14.5. The molecular formula is C55H108F11O17P. The van der Waals surface area contributed by atoms with E-state index in [1.165, 1.54) is 38.5 Å². The summed E-state index contributed by atoms with van der Waals surface area (Å²) in [7, 11) is -4.20. The summed E-state index contributed by atoms with van der Waals surface area (Å²) in [6.45, 7) is 24.9. The lowest BCUT2D eigenvalue weighted by atomic mass is 9.83. The first-order valence-electron chi connectivity index (χ1n) is 28.9. The molecule has 0 radical (unpaired) electrons. The highest BCUT2D eigenvalue weighted by molar-refractivity contribution is 7.46. The van der Waals surface area contributed by atoms with Crippen LogP contribution in [-0.4, -0.2) is 210 Å². The van der Waals surface area contributed by atoms with Crippen LogP contribution < -0.4 is 0 Å². The van der Waals surface area contributed by atoms with Crippen molar-refractivity contribution >= 4 is 7.82 Å². The lowest BCUT2D eigenvalue weighted by Gasteiger charge is -2.36. The van der Waals surface area contributed by atoms with E-state index in [1.807, 2.05) is 6.92 Å². The van der Waals surface area contributed by atoms with Crippen molar-refractivity contribution in [3.8, 4) is 0 Å². The van der Waals surface area contributed by atoms with E-state index >= 15 is 0 Å². The van der Waals surface area contributed by atoms with Crippen LogP contribution in [0.3, 0.4) is 0 Å². The molecule has 0 aromatic heterocycles. The van der Waals surface area contributed by atoms with Gasteiger partial charge in [-0.3, -0.25) is 4.52 Å². The molecule has 3 N–H and O–H groups in total. The highest BCUT2D eigenvalue weighted by Crippen LogP contribution is 2.53. The van der Waals surface area contributed by atoms with Gasteiger partial charge in [-0.05, 0) is 38.0 Å². The van der Waals surface area contributed by atoms with Gasteiger partial charge in [0, 0.05) is 0 Å². The van der Waals surface area contributed by atoms with Crippen molar-refractivity contribution in [3.05, 3.63) is 11.3 Å². The van der Waals surface area contributed by atoms with Crippen LogP contribution in [0.1, 0.15) is 134 Å². The Morgan fingerprint density at radius 1 is 0.381 bits per heavy atom. The van der Waals surface area contributed by atoms with E-state index in [-0.39, 0.29) is 52.9 Å². The molecule has 0 aliphatic carbocycles. The molecule has 0 rings (SSSR count). The van der Waals surface area contributed by atoms with E-state index < -0.39 is 76.1 Å². The molecule has 0 saturated carbocycles. The molecule has 84 heavy (non-hydrogen) atoms. The Morgan fingerprint density at radius 2 is 0.595 bits per heavy atom. The maximum absolute atomic E-state index is 14.5. The SMILES string of the molecule is CC(F)(C(=C(OCCOCCOCCOCCOCCOCCOCCOCCOCCOCCOCCOCCO)C(F)(F)F)C(C)(F)C(F)(F)F)C(F)(F)F.CCC(C)CC.CCC(C)CC.CCC(C)CC.CCCCOP(=O)(O)O. The second kappa shape index (κ2) is 57.8. The summed E-state index contributed by atoms with van der Waals surface area (Å²) in [5, 5.41) is 8.57. The van der Waals surface area contributed by atoms with Crippen molar-refractivity contribution in [1.82, 2.24) is 0 Å². The number of halogens is 11. The number of aliphatic hydroxyl groups excluding tert-OH is 1. The lowest BCUT2D eigenvalue weighted by Crippen LogP contribution is -2.53. The molecule has 0 amide bonds. The molecule has 0 saturated heterocycles. The molecule has 2 atom stereocenters. The van der Waals surface area contributed by atoms with Gasteiger partial charge in [-0.1, -0.05) is 114 Å². The minimum Gasteiger partial charge on any atom is -0.486 e. The Labute approximate surface area is 494 Å². The van der Waals surface area contributed by atoms with Crippen molar-refractivity contribution in [2.24, 2.45) is 17.8 Å². The highest BCUT2D eigenvalue weighted by Gasteiger charge is 2.69. The first-order chi connectivity index (χ1) is 39.3. The molecule has 0 bridgehead atoms. The Kier molecular flexibility index (Phi) is 62.7. The van der Waals surface area contributed by atoms with Crippen LogP contribution in [-0.2, 0) is 65.9 Å². The van der Waals surface area contributed by atoms with Gasteiger partial charge in [0.05, 0.1) is 164 Å².